The van der Waals surface area contributed by atoms with Crippen LogP contribution < -0.4 is 10.0 Å². The molecule has 0 aliphatic carbocycles. The van der Waals surface area contributed by atoms with E-state index in [1.807, 2.05) is 4.72 Å². The predicted octanol–water partition coefficient (Wildman–Crippen LogP) is 3.25. The summed E-state index contributed by atoms with van der Waals surface area (Å²) in [7, 11) is -4.04. The third kappa shape index (κ3) is 6.32. The van der Waals surface area contributed by atoms with Gasteiger partial charge in [-0.1, -0.05) is 34.8 Å². The van der Waals surface area contributed by atoms with Crippen molar-refractivity contribution in [3.8, 4) is 0 Å². The van der Waals surface area contributed by atoms with Crippen molar-refractivity contribution in [3.05, 3.63) is 57.3 Å². The minimum Gasteiger partial charge on any atom is -0.455 e. The number of nitrogens with one attached hydrogen (secondary N) is 2. The summed E-state index contributed by atoms with van der Waals surface area (Å²) in [5, 5.41) is 2.49. The van der Waals surface area contributed by atoms with Crippen LogP contribution in [0.2, 0.25) is 15.1 Å². The van der Waals surface area contributed by atoms with Crippen LogP contribution in [0.5, 0.6) is 0 Å². The van der Waals surface area contributed by atoms with Crippen molar-refractivity contribution in [3.63, 3.8) is 0 Å². The summed E-state index contributed by atoms with van der Waals surface area (Å²) in [6.07, 6.45) is 0. The number of halogens is 4. The van der Waals surface area contributed by atoms with Crippen LogP contribution in [0.4, 0.5) is 10.1 Å². The summed E-state index contributed by atoms with van der Waals surface area (Å²) >= 11 is 17.2. The first-order valence-electron chi connectivity index (χ1n) is 7.44. The predicted molar refractivity (Wildman–Crippen MR) is 103 cm³/mol. The lowest BCUT2D eigenvalue weighted by Crippen LogP contribution is -2.32. The van der Waals surface area contributed by atoms with E-state index in [1.54, 1.807) is 0 Å². The molecule has 0 spiro atoms. The number of hydrogen-bond acceptors (Lipinski definition) is 5. The zero-order valence-corrected chi connectivity index (χ0v) is 16.9. The highest BCUT2D eigenvalue weighted by atomic mass is 35.5. The summed E-state index contributed by atoms with van der Waals surface area (Å²) in [4.78, 5) is 23.2. The molecule has 0 saturated heterocycles. The molecule has 0 radical (unpaired) electrons. The van der Waals surface area contributed by atoms with Crippen LogP contribution in [0.1, 0.15) is 0 Å². The first-order valence-corrected chi connectivity index (χ1v) is 10.1. The number of esters is 1. The Bertz CT molecular complexity index is 1020. The molecule has 0 heterocycles. The second kappa shape index (κ2) is 9.53. The second-order valence-corrected chi connectivity index (χ2v) is 8.22. The second-order valence-electron chi connectivity index (χ2n) is 5.23. The molecular formula is C16H12Cl3FN2O5S. The van der Waals surface area contributed by atoms with E-state index in [1.165, 1.54) is 18.2 Å². The lowest BCUT2D eigenvalue weighted by molar-refractivity contribution is -0.146. The van der Waals surface area contributed by atoms with Gasteiger partial charge in [0.2, 0.25) is 10.0 Å². The number of ether oxygens (including phenoxy) is 1. The van der Waals surface area contributed by atoms with Gasteiger partial charge >= 0.3 is 5.97 Å². The molecular weight excluding hydrogens is 458 g/mol. The van der Waals surface area contributed by atoms with E-state index < -0.39 is 40.9 Å². The fourth-order valence-corrected chi connectivity index (χ4v) is 3.43. The van der Waals surface area contributed by atoms with E-state index in [2.05, 4.69) is 10.1 Å². The van der Waals surface area contributed by atoms with Gasteiger partial charge in [0.05, 0.1) is 25.7 Å². The molecule has 0 aliphatic rings. The van der Waals surface area contributed by atoms with Crippen molar-refractivity contribution < 1.29 is 27.1 Å². The van der Waals surface area contributed by atoms with Gasteiger partial charge < -0.3 is 10.1 Å². The third-order valence-electron chi connectivity index (χ3n) is 3.18. The maximum Gasteiger partial charge on any atom is 0.321 e. The van der Waals surface area contributed by atoms with Crippen molar-refractivity contribution in [2.45, 2.75) is 4.90 Å². The van der Waals surface area contributed by atoms with Crippen LogP contribution in [0.3, 0.4) is 0 Å². The monoisotopic (exact) mass is 468 g/mol. The highest BCUT2D eigenvalue weighted by Crippen LogP contribution is 2.24. The first-order chi connectivity index (χ1) is 13.1. The molecule has 0 aromatic heterocycles. The molecule has 12 heteroatoms. The number of carbonyl (C=O) groups is 2. The highest BCUT2D eigenvalue weighted by Gasteiger charge is 2.18. The fraction of sp³-hybridized carbons (Fsp3) is 0.125. The van der Waals surface area contributed by atoms with E-state index in [9.17, 15) is 22.4 Å². The van der Waals surface area contributed by atoms with Gasteiger partial charge in [0, 0.05) is 0 Å². The summed E-state index contributed by atoms with van der Waals surface area (Å²) in [5.74, 6) is -2.32. The molecule has 0 atom stereocenters. The number of amides is 1. The van der Waals surface area contributed by atoms with E-state index in [0.717, 1.165) is 18.2 Å². The number of hydrogen-bond donors (Lipinski definition) is 2. The lowest BCUT2D eigenvalue weighted by atomic mass is 10.3. The van der Waals surface area contributed by atoms with Gasteiger partial charge in [0.1, 0.15) is 12.4 Å². The van der Waals surface area contributed by atoms with Gasteiger partial charge in [0.15, 0.2) is 6.61 Å². The van der Waals surface area contributed by atoms with Crippen LogP contribution >= 0.6 is 34.8 Å². The van der Waals surface area contributed by atoms with Gasteiger partial charge in [-0.25, -0.2) is 12.8 Å². The molecule has 0 saturated carbocycles. The Labute approximate surface area is 174 Å². The van der Waals surface area contributed by atoms with Crippen molar-refractivity contribution in [1.29, 1.82) is 0 Å². The van der Waals surface area contributed by atoms with E-state index >= 15 is 0 Å². The standard InChI is InChI=1S/C16H12Cl3FN2O5S/c17-11-3-2-10(6-12(11)18)28(25,26)21-7-16(24)27-8-15(23)22-14-4-1-9(20)5-13(14)19/h1-6,21H,7-8H2,(H,22,23). The minimum absolute atomic E-state index is 0.0308. The zero-order chi connectivity index (χ0) is 20.9. The lowest BCUT2D eigenvalue weighted by Gasteiger charge is -2.09. The van der Waals surface area contributed by atoms with Crippen molar-refractivity contribution in [2.24, 2.45) is 0 Å². The molecule has 28 heavy (non-hydrogen) atoms. The van der Waals surface area contributed by atoms with E-state index in [0.29, 0.717) is 0 Å². The summed E-state index contributed by atoms with van der Waals surface area (Å²) in [5.41, 5.74) is 0.129. The number of benzene rings is 2. The molecule has 7 nitrogen and oxygen atoms in total. The largest absolute Gasteiger partial charge is 0.455 e. The normalized spacial score (nSPS) is 11.1. The summed E-state index contributed by atoms with van der Waals surface area (Å²) < 4.78 is 43.8. The third-order valence-corrected chi connectivity index (χ3v) is 5.63. The Kier molecular flexibility index (Phi) is 7.62. The Hall–Kier alpha value is -1.91. The average Bonchev–Trinajstić information content (AvgIpc) is 2.63. The van der Waals surface area contributed by atoms with Gasteiger partial charge in [-0.2, -0.15) is 4.72 Å². The molecule has 0 aliphatic heterocycles. The number of anilines is 1. The molecule has 0 fully saturated rings. The Morgan fingerprint density at radius 2 is 1.71 bits per heavy atom. The summed E-state index contributed by atoms with van der Waals surface area (Å²) in [6.45, 7) is -1.41. The number of sulfonamides is 1. The smallest absolute Gasteiger partial charge is 0.321 e. The molecule has 2 N–H and O–H groups in total. The van der Waals surface area contributed by atoms with Crippen LogP contribution in [0.25, 0.3) is 0 Å². The SMILES string of the molecule is O=C(COC(=O)CNS(=O)(=O)c1ccc(Cl)c(Cl)c1)Nc1ccc(F)cc1Cl. The minimum atomic E-state index is -4.04. The Balaban J connectivity index is 1.84. The zero-order valence-electron chi connectivity index (χ0n) is 13.8. The first kappa shape index (κ1) is 22.4. The molecule has 0 unspecified atom stereocenters. The van der Waals surface area contributed by atoms with Gasteiger partial charge in [-0.05, 0) is 36.4 Å². The molecule has 2 rings (SSSR count). The number of carbonyl (C=O) groups excluding carboxylic acids is 2. The van der Waals surface area contributed by atoms with E-state index in [4.69, 9.17) is 34.8 Å². The topological polar surface area (TPSA) is 102 Å². The van der Waals surface area contributed by atoms with Crippen LogP contribution in [-0.2, 0) is 24.3 Å². The van der Waals surface area contributed by atoms with E-state index in [-0.39, 0.29) is 25.7 Å². The van der Waals surface area contributed by atoms with Crippen LogP contribution in [0, 0.1) is 5.82 Å². The molecule has 0 bridgehead atoms. The van der Waals surface area contributed by atoms with Crippen molar-refractivity contribution >= 4 is 62.4 Å². The van der Waals surface area contributed by atoms with Crippen LogP contribution in [0.15, 0.2) is 41.3 Å². The maximum absolute atomic E-state index is 12.9. The molecule has 150 valence electrons. The highest BCUT2D eigenvalue weighted by molar-refractivity contribution is 7.89. The van der Waals surface area contributed by atoms with Crippen molar-refractivity contribution in [1.82, 2.24) is 4.72 Å². The van der Waals surface area contributed by atoms with Gasteiger partial charge in [-0.15, -0.1) is 0 Å². The van der Waals surface area contributed by atoms with Crippen LogP contribution in [-0.4, -0.2) is 33.4 Å². The van der Waals surface area contributed by atoms with Crippen molar-refractivity contribution in [2.75, 3.05) is 18.5 Å². The molecule has 2 aromatic rings. The molecule has 1 amide bonds. The quantitative estimate of drug-likeness (QED) is 0.606. The van der Waals surface area contributed by atoms with Gasteiger partial charge in [0.25, 0.3) is 5.91 Å². The molecule has 2 aromatic carbocycles. The Morgan fingerprint density at radius 1 is 1.00 bits per heavy atom. The summed E-state index contributed by atoms with van der Waals surface area (Å²) in [6, 6.07) is 6.95. The Morgan fingerprint density at radius 3 is 2.36 bits per heavy atom. The maximum atomic E-state index is 12.9. The number of rotatable bonds is 7. The average molecular weight is 470 g/mol. The van der Waals surface area contributed by atoms with Gasteiger partial charge in [-0.3, -0.25) is 9.59 Å². The fourth-order valence-electron chi connectivity index (χ4n) is 1.86.